The van der Waals surface area contributed by atoms with Gasteiger partial charge in [-0.25, -0.2) is 0 Å². The van der Waals surface area contributed by atoms with Crippen molar-refractivity contribution in [1.82, 2.24) is 0 Å². The van der Waals surface area contributed by atoms with Gasteiger partial charge in [0.1, 0.15) is 5.75 Å². The number of hydrogen-bond acceptors (Lipinski definition) is 3. The standard InChI is InChI=1S/C12H16OS2/c1-4-13-10-6-5-8(2)11(7-10)12(15)9(3)14/h5-7,14-15H,4H2,1-3H3/b12-9-. The third-order valence-corrected chi connectivity index (χ3v) is 3.09. The SMILES string of the molecule is CCOc1ccc(C)c(/C(S)=C(\C)S)c1. The van der Waals surface area contributed by atoms with Crippen molar-refractivity contribution in [3.8, 4) is 5.75 Å². The maximum absolute atomic E-state index is 5.45. The van der Waals surface area contributed by atoms with Crippen molar-refractivity contribution < 1.29 is 4.74 Å². The molecule has 0 saturated carbocycles. The van der Waals surface area contributed by atoms with Gasteiger partial charge < -0.3 is 4.74 Å². The minimum absolute atomic E-state index is 0.675. The molecule has 0 N–H and O–H groups in total. The molecule has 82 valence electrons. The average molecular weight is 240 g/mol. The Morgan fingerprint density at radius 2 is 2.00 bits per heavy atom. The summed E-state index contributed by atoms with van der Waals surface area (Å²) >= 11 is 8.75. The lowest BCUT2D eigenvalue weighted by Gasteiger charge is -2.10. The van der Waals surface area contributed by atoms with Crippen LogP contribution in [-0.2, 0) is 0 Å². The highest BCUT2D eigenvalue weighted by molar-refractivity contribution is 7.93. The number of benzene rings is 1. The molecule has 0 aliphatic carbocycles. The number of aryl methyl sites for hydroxylation is 1. The Hall–Kier alpha value is -0.540. The summed E-state index contributed by atoms with van der Waals surface area (Å²) in [6, 6.07) is 6.01. The molecule has 0 radical (unpaired) electrons. The molecule has 0 aliphatic heterocycles. The largest absolute Gasteiger partial charge is 0.494 e. The summed E-state index contributed by atoms with van der Waals surface area (Å²) in [5.74, 6) is 0.874. The smallest absolute Gasteiger partial charge is 0.119 e. The first-order chi connectivity index (χ1) is 7.06. The molecule has 1 rings (SSSR count). The number of thiol groups is 2. The van der Waals surface area contributed by atoms with Gasteiger partial charge in [-0.2, -0.15) is 0 Å². The quantitative estimate of drug-likeness (QED) is 0.761. The van der Waals surface area contributed by atoms with Crippen LogP contribution in [0.5, 0.6) is 5.75 Å². The average Bonchev–Trinajstić information content (AvgIpc) is 2.20. The third-order valence-electron chi connectivity index (χ3n) is 2.12. The predicted molar refractivity (Wildman–Crippen MR) is 72.9 cm³/mol. The van der Waals surface area contributed by atoms with Gasteiger partial charge in [0.15, 0.2) is 0 Å². The zero-order valence-electron chi connectivity index (χ0n) is 9.24. The molecule has 3 heteroatoms. The summed E-state index contributed by atoms with van der Waals surface area (Å²) < 4.78 is 5.45. The van der Waals surface area contributed by atoms with Gasteiger partial charge in [-0.1, -0.05) is 6.07 Å². The predicted octanol–water partition coefficient (Wildman–Crippen LogP) is 3.94. The lowest BCUT2D eigenvalue weighted by Crippen LogP contribution is -1.93. The molecular weight excluding hydrogens is 224 g/mol. The summed E-state index contributed by atoms with van der Waals surface area (Å²) in [4.78, 5) is 1.81. The first kappa shape index (κ1) is 12.5. The van der Waals surface area contributed by atoms with Crippen LogP contribution in [0.3, 0.4) is 0 Å². The molecule has 1 nitrogen and oxygen atoms in total. The van der Waals surface area contributed by atoms with E-state index in [4.69, 9.17) is 4.74 Å². The van der Waals surface area contributed by atoms with Crippen molar-refractivity contribution in [3.05, 3.63) is 34.2 Å². The summed E-state index contributed by atoms with van der Waals surface area (Å²) in [6.07, 6.45) is 0. The summed E-state index contributed by atoms with van der Waals surface area (Å²) in [7, 11) is 0. The van der Waals surface area contributed by atoms with Gasteiger partial charge in [0.25, 0.3) is 0 Å². The van der Waals surface area contributed by atoms with E-state index in [0.29, 0.717) is 6.61 Å². The molecule has 0 spiro atoms. The van der Waals surface area contributed by atoms with Crippen molar-refractivity contribution >= 4 is 30.2 Å². The molecule has 0 aromatic heterocycles. The van der Waals surface area contributed by atoms with Crippen molar-refractivity contribution in [3.63, 3.8) is 0 Å². The molecule has 0 fully saturated rings. The van der Waals surface area contributed by atoms with Gasteiger partial charge in [-0.05, 0) is 48.9 Å². The van der Waals surface area contributed by atoms with Crippen LogP contribution < -0.4 is 4.74 Å². The van der Waals surface area contributed by atoms with Crippen LogP contribution in [-0.4, -0.2) is 6.61 Å². The Morgan fingerprint density at radius 1 is 1.33 bits per heavy atom. The molecule has 0 atom stereocenters. The van der Waals surface area contributed by atoms with E-state index in [9.17, 15) is 0 Å². The molecule has 0 amide bonds. The zero-order chi connectivity index (χ0) is 11.4. The Bertz CT molecular complexity index is 379. The summed E-state index contributed by atoms with van der Waals surface area (Å²) in [5, 5.41) is 0. The van der Waals surface area contributed by atoms with E-state index >= 15 is 0 Å². The number of hydrogen-bond donors (Lipinski definition) is 2. The van der Waals surface area contributed by atoms with Crippen LogP contribution in [0.15, 0.2) is 23.1 Å². The highest BCUT2D eigenvalue weighted by Gasteiger charge is 2.05. The van der Waals surface area contributed by atoms with Crippen molar-refractivity contribution in [2.24, 2.45) is 0 Å². The minimum Gasteiger partial charge on any atom is -0.494 e. The van der Waals surface area contributed by atoms with Crippen LogP contribution in [0.25, 0.3) is 4.91 Å². The van der Waals surface area contributed by atoms with Gasteiger partial charge in [-0.3, -0.25) is 0 Å². The molecule has 15 heavy (non-hydrogen) atoms. The van der Waals surface area contributed by atoms with E-state index in [1.807, 2.05) is 32.0 Å². The second-order valence-electron chi connectivity index (χ2n) is 3.34. The Labute approximate surface area is 102 Å². The van der Waals surface area contributed by atoms with E-state index < -0.39 is 0 Å². The second-order valence-corrected chi connectivity index (χ2v) is 4.46. The molecule has 0 bridgehead atoms. The normalized spacial score (nSPS) is 12.3. The van der Waals surface area contributed by atoms with E-state index in [2.05, 4.69) is 32.2 Å². The second kappa shape index (κ2) is 5.52. The van der Waals surface area contributed by atoms with Crippen LogP contribution in [0, 0.1) is 6.92 Å². The molecule has 1 aromatic carbocycles. The summed E-state index contributed by atoms with van der Waals surface area (Å²) in [6.45, 7) is 6.63. The number of ether oxygens (including phenoxy) is 1. The Morgan fingerprint density at radius 3 is 2.53 bits per heavy atom. The fraction of sp³-hybridized carbons (Fsp3) is 0.333. The highest BCUT2D eigenvalue weighted by Crippen LogP contribution is 2.29. The van der Waals surface area contributed by atoms with Crippen molar-refractivity contribution in [2.45, 2.75) is 20.8 Å². The van der Waals surface area contributed by atoms with E-state index in [1.54, 1.807) is 0 Å². The zero-order valence-corrected chi connectivity index (χ0v) is 11.0. The first-order valence-corrected chi connectivity index (χ1v) is 5.78. The fourth-order valence-electron chi connectivity index (χ4n) is 1.31. The molecule has 1 aromatic rings. The van der Waals surface area contributed by atoms with Gasteiger partial charge in [0, 0.05) is 4.91 Å². The molecular formula is C12H16OS2. The van der Waals surface area contributed by atoms with Gasteiger partial charge in [0.2, 0.25) is 0 Å². The lowest BCUT2D eigenvalue weighted by molar-refractivity contribution is 0.340. The van der Waals surface area contributed by atoms with Crippen LogP contribution >= 0.6 is 25.3 Å². The number of allylic oxidation sites excluding steroid dienone is 1. The topological polar surface area (TPSA) is 9.23 Å². The Kier molecular flexibility index (Phi) is 4.61. The first-order valence-electron chi connectivity index (χ1n) is 4.89. The van der Waals surface area contributed by atoms with E-state index in [0.717, 1.165) is 21.1 Å². The summed E-state index contributed by atoms with van der Waals surface area (Å²) in [5.41, 5.74) is 2.26. The molecule has 0 unspecified atom stereocenters. The van der Waals surface area contributed by atoms with Crippen molar-refractivity contribution in [2.75, 3.05) is 6.61 Å². The van der Waals surface area contributed by atoms with Crippen LogP contribution in [0.2, 0.25) is 0 Å². The highest BCUT2D eigenvalue weighted by atomic mass is 32.1. The van der Waals surface area contributed by atoms with Gasteiger partial charge in [0.05, 0.1) is 6.61 Å². The molecule has 0 aliphatic rings. The van der Waals surface area contributed by atoms with Crippen molar-refractivity contribution in [1.29, 1.82) is 0 Å². The Balaban J connectivity index is 3.17. The maximum Gasteiger partial charge on any atom is 0.119 e. The molecule has 0 heterocycles. The minimum atomic E-state index is 0.675. The van der Waals surface area contributed by atoms with E-state index in [-0.39, 0.29) is 0 Å². The van der Waals surface area contributed by atoms with E-state index in [1.165, 1.54) is 5.56 Å². The fourth-order valence-corrected chi connectivity index (χ4v) is 1.67. The van der Waals surface area contributed by atoms with Crippen LogP contribution in [0.1, 0.15) is 25.0 Å². The van der Waals surface area contributed by atoms with Gasteiger partial charge >= 0.3 is 0 Å². The maximum atomic E-state index is 5.45. The molecule has 0 saturated heterocycles. The lowest BCUT2D eigenvalue weighted by atomic mass is 10.1. The third kappa shape index (κ3) is 3.21. The number of rotatable bonds is 3. The van der Waals surface area contributed by atoms with Gasteiger partial charge in [-0.15, -0.1) is 25.3 Å². The monoisotopic (exact) mass is 240 g/mol. The van der Waals surface area contributed by atoms with Crippen LogP contribution in [0.4, 0.5) is 0 Å².